The fraction of sp³-hybridized carbons (Fsp3) is 0.263. The van der Waals surface area contributed by atoms with Gasteiger partial charge in [-0.2, -0.15) is 0 Å². The molecule has 1 N–H and O–H groups in total. The molecule has 0 aliphatic rings. The zero-order valence-electron chi connectivity index (χ0n) is 13.5. The molecule has 0 unspecified atom stereocenters. The second kappa shape index (κ2) is 9.50. The van der Waals surface area contributed by atoms with Gasteiger partial charge < -0.3 is 5.32 Å². The molecule has 3 nitrogen and oxygen atoms in total. The standard InChI is InChI=1S/C19H20ClNO2S/c1-2-3-8-19(23)21-14-9-11-15(12-10-14)24-13-18(22)16-6-4-5-7-17(16)20/h4-7,9-12H,2-3,8,13H2,1H3,(H,21,23). The topological polar surface area (TPSA) is 46.2 Å². The van der Waals surface area contributed by atoms with E-state index in [2.05, 4.69) is 12.2 Å². The van der Waals surface area contributed by atoms with Gasteiger partial charge in [0.1, 0.15) is 0 Å². The lowest BCUT2D eigenvalue weighted by atomic mass is 10.1. The van der Waals surface area contributed by atoms with Crippen molar-refractivity contribution in [1.82, 2.24) is 0 Å². The first-order valence-electron chi connectivity index (χ1n) is 7.90. The van der Waals surface area contributed by atoms with Gasteiger partial charge in [-0.05, 0) is 42.8 Å². The molecular weight excluding hydrogens is 342 g/mol. The highest BCUT2D eigenvalue weighted by Gasteiger charge is 2.10. The fourth-order valence-electron chi connectivity index (χ4n) is 2.11. The summed E-state index contributed by atoms with van der Waals surface area (Å²) in [6.07, 6.45) is 2.44. The van der Waals surface area contributed by atoms with E-state index >= 15 is 0 Å². The van der Waals surface area contributed by atoms with E-state index in [-0.39, 0.29) is 11.7 Å². The van der Waals surface area contributed by atoms with Gasteiger partial charge in [-0.3, -0.25) is 9.59 Å². The van der Waals surface area contributed by atoms with Crippen LogP contribution in [0.3, 0.4) is 0 Å². The predicted molar refractivity (Wildman–Crippen MR) is 101 cm³/mol. The third-order valence-corrected chi connectivity index (χ3v) is 4.78. The van der Waals surface area contributed by atoms with Crippen molar-refractivity contribution in [2.24, 2.45) is 0 Å². The zero-order chi connectivity index (χ0) is 17.4. The highest BCUT2D eigenvalue weighted by Crippen LogP contribution is 2.23. The molecule has 2 rings (SSSR count). The smallest absolute Gasteiger partial charge is 0.224 e. The highest BCUT2D eigenvalue weighted by atomic mass is 35.5. The molecule has 0 fully saturated rings. The van der Waals surface area contributed by atoms with E-state index in [0.29, 0.717) is 22.8 Å². The molecule has 2 aromatic carbocycles. The number of nitrogens with one attached hydrogen (secondary N) is 1. The van der Waals surface area contributed by atoms with Crippen molar-refractivity contribution in [2.75, 3.05) is 11.1 Å². The van der Waals surface area contributed by atoms with Crippen LogP contribution in [0.1, 0.15) is 36.5 Å². The third-order valence-electron chi connectivity index (χ3n) is 3.44. The molecule has 0 radical (unpaired) electrons. The van der Waals surface area contributed by atoms with E-state index in [9.17, 15) is 9.59 Å². The van der Waals surface area contributed by atoms with Gasteiger partial charge in [0, 0.05) is 22.6 Å². The van der Waals surface area contributed by atoms with Gasteiger partial charge in [0.2, 0.25) is 5.91 Å². The molecule has 0 bridgehead atoms. The number of carbonyl (C=O) groups excluding carboxylic acids is 2. The SMILES string of the molecule is CCCCC(=O)Nc1ccc(SCC(=O)c2ccccc2Cl)cc1. The zero-order valence-corrected chi connectivity index (χ0v) is 15.1. The number of anilines is 1. The number of benzene rings is 2. The normalized spacial score (nSPS) is 10.4. The largest absolute Gasteiger partial charge is 0.326 e. The number of unbranched alkanes of at least 4 members (excludes halogenated alkanes) is 1. The van der Waals surface area contributed by atoms with Gasteiger partial charge in [0.15, 0.2) is 5.78 Å². The van der Waals surface area contributed by atoms with Crippen LogP contribution in [0.15, 0.2) is 53.4 Å². The molecule has 0 aliphatic heterocycles. The van der Waals surface area contributed by atoms with Crippen molar-refractivity contribution in [2.45, 2.75) is 31.1 Å². The molecule has 126 valence electrons. The second-order valence-corrected chi connectivity index (χ2v) is 6.82. The fourth-order valence-corrected chi connectivity index (χ4v) is 3.13. The molecule has 0 heterocycles. The Balaban J connectivity index is 1.87. The van der Waals surface area contributed by atoms with E-state index in [1.807, 2.05) is 24.3 Å². The van der Waals surface area contributed by atoms with Gasteiger partial charge in [-0.15, -0.1) is 11.8 Å². The van der Waals surface area contributed by atoms with Crippen LogP contribution in [-0.2, 0) is 4.79 Å². The molecular formula is C19H20ClNO2S. The summed E-state index contributed by atoms with van der Waals surface area (Å²) >= 11 is 7.49. The minimum atomic E-state index is 0.00236. The maximum Gasteiger partial charge on any atom is 0.224 e. The molecule has 0 spiro atoms. The van der Waals surface area contributed by atoms with E-state index in [1.165, 1.54) is 11.8 Å². The van der Waals surface area contributed by atoms with Crippen molar-refractivity contribution in [3.8, 4) is 0 Å². The number of Topliss-reactive ketones (excluding diaryl/α,β-unsaturated/α-hetero) is 1. The monoisotopic (exact) mass is 361 g/mol. The van der Waals surface area contributed by atoms with Crippen LogP contribution in [0, 0.1) is 0 Å². The molecule has 0 saturated carbocycles. The minimum Gasteiger partial charge on any atom is -0.326 e. The summed E-state index contributed by atoms with van der Waals surface area (Å²) in [5.41, 5.74) is 1.32. The van der Waals surface area contributed by atoms with Crippen molar-refractivity contribution >= 4 is 40.7 Å². The minimum absolute atomic E-state index is 0.00236. The van der Waals surface area contributed by atoms with Gasteiger partial charge in [-0.1, -0.05) is 37.1 Å². The number of amides is 1. The first kappa shape index (κ1) is 18.6. The van der Waals surface area contributed by atoms with Gasteiger partial charge in [0.25, 0.3) is 0 Å². The third kappa shape index (κ3) is 5.69. The highest BCUT2D eigenvalue weighted by molar-refractivity contribution is 8.00. The molecule has 0 atom stereocenters. The van der Waals surface area contributed by atoms with E-state index < -0.39 is 0 Å². The lowest BCUT2D eigenvalue weighted by Crippen LogP contribution is -2.10. The molecule has 1 amide bonds. The van der Waals surface area contributed by atoms with Crippen LogP contribution in [0.25, 0.3) is 0 Å². The van der Waals surface area contributed by atoms with Crippen molar-refractivity contribution < 1.29 is 9.59 Å². The number of thioether (sulfide) groups is 1. The van der Waals surface area contributed by atoms with E-state index in [0.717, 1.165) is 23.4 Å². The van der Waals surface area contributed by atoms with Gasteiger partial charge in [0.05, 0.1) is 10.8 Å². The summed E-state index contributed by atoms with van der Waals surface area (Å²) in [4.78, 5) is 24.9. The summed E-state index contributed by atoms with van der Waals surface area (Å²) in [7, 11) is 0. The van der Waals surface area contributed by atoms with Gasteiger partial charge >= 0.3 is 0 Å². The Morgan fingerprint density at radius 3 is 2.46 bits per heavy atom. The predicted octanol–water partition coefficient (Wildman–Crippen LogP) is 5.44. The molecule has 0 aromatic heterocycles. The summed E-state index contributed by atoms with van der Waals surface area (Å²) in [6.45, 7) is 2.06. The lowest BCUT2D eigenvalue weighted by molar-refractivity contribution is -0.116. The first-order valence-corrected chi connectivity index (χ1v) is 9.27. The lowest BCUT2D eigenvalue weighted by Gasteiger charge is -2.07. The Labute approximate surface area is 151 Å². The summed E-state index contributed by atoms with van der Waals surface area (Å²) in [5.74, 6) is 0.361. The molecule has 0 saturated heterocycles. The van der Waals surface area contributed by atoms with Crippen molar-refractivity contribution in [3.63, 3.8) is 0 Å². The molecule has 2 aromatic rings. The molecule has 24 heavy (non-hydrogen) atoms. The number of hydrogen-bond acceptors (Lipinski definition) is 3. The van der Waals surface area contributed by atoms with Crippen molar-refractivity contribution in [3.05, 3.63) is 59.1 Å². The average Bonchev–Trinajstić information content (AvgIpc) is 2.59. The van der Waals surface area contributed by atoms with E-state index in [1.54, 1.807) is 24.3 Å². The maximum atomic E-state index is 12.2. The number of ketones is 1. The number of halogens is 1. The second-order valence-electron chi connectivity index (χ2n) is 5.37. The summed E-state index contributed by atoms with van der Waals surface area (Å²) in [6, 6.07) is 14.6. The van der Waals surface area contributed by atoms with Crippen LogP contribution in [0.4, 0.5) is 5.69 Å². The molecule has 0 aliphatic carbocycles. The van der Waals surface area contributed by atoms with Crippen LogP contribution in [0.5, 0.6) is 0 Å². The number of rotatable bonds is 8. The van der Waals surface area contributed by atoms with Crippen LogP contribution in [-0.4, -0.2) is 17.4 Å². The quantitative estimate of drug-likeness (QED) is 0.502. The summed E-state index contributed by atoms with van der Waals surface area (Å²) in [5, 5.41) is 3.35. The average molecular weight is 362 g/mol. The van der Waals surface area contributed by atoms with E-state index in [4.69, 9.17) is 11.6 Å². The number of carbonyl (C=O) groups is 2. The van der Waals surface area contributed by atoms with Crippen molar-refractivity contribution in [1.29, 1.82) is 0 Å². The Morgan fingerprint density at radius 1 is 1.08 bits per heavy atom. The van der Waals surface area contributed by atoms with Gasteiger partial charge in [-0.25, -0.2) is 0 Å². The maximum absolute atomic E-state index is 12.2. The Morgan fingerprint density at radius 2 is 1.79 bits per heavy atom. The Bertz CT molecular complexity index is 701. The van der Waals surface area contributed by atoms with Crippen LogP contribution < -0.4 is 5.32 Å². The molecule has 5 heteroatoms. The first-order chi connectivity index (χ1) is 11.6. The Hall–Kier alpha value is -1.78. The number of hydrogen-bond donors (Lipinski definition) is 1. The van der Waals surface area contributed by atoms with Crippen LogP contribution >= 0.6 is 23.4 Å². The van der Waals surface area contributed by atoms with Crippen LogP contribution in [0.2, 0.25) is 5.02 Å². The Kier molecular flexibility index (Phi) is 7.35. The summed E-state index contributed by atoms with van der Waals surface area (Å²) < 4.78 is 0.